The Morgan fingerprint density at radius 2 is 2.04 bits per heavy atom. The molecular formula is C19H16ClFN2O4. The molecule has 0 aromatic heterocycles. The Kier molecular flexibility index (Phi) is 4.61. The van der Waals surface area contributed by atoms with Crippen LogP contribution in [0.4, 0.5) is 10.1 Å². The molecule has 0 bridgehead atoms. The van der Waals surface area contributed by atoms with E-state index in [1.165, 1.54) is 23.1 Å². The van der Waals surface area contributed by atoms with Gasteiger partial charge in [-0.2, -0.15) is 0 Å². The molecule has 140 valence electrons. The van der Waals surface area contributed by atoms with Gasteiger partial charge >= 0.3 is 0 Å². The predicted molar refractivity (Wildman–Crippen MR) is 96.3 cm³/mol. The molecule has 0 unspecified atom stereocenters. The van der Waals surface area contributed by atoms with E-state index in [1.54, 1.807) is 6.07 Å². The molecule has 0 spiro atoms. The smallest absolute Gasteiger partial charge is 0.231 e. The van der Waals surface area contributed by atoms with Crippen molar-refractivity contribution in [3.05, 3.63) is 52.8 Å². The van der Waals surface area contributed by atoms with Gasteiger partial charge in [-0.1, -0.05) is 17.7 Å². The highest BCUT2D eigenvalue weighted by Crippen LogP contribution is 2.32. The molecule has 1 N–H and O–H groups in total. The maximum absolute atomic E-state index is 13.3. The summed E-state index contributed by atoms with van der Waals surface area (Å²) in [5, 5.41) is 2.79. The van der Waals surface area contributed by atoms with E-state index in [4.69, 9.17) is 21.1 Å². The first-order valence-corrected chi connectivity index (χ1v) is 8.81. The zero-order valence-electron chi connectivity index (χ0n) is 14.2. The summed E-state index contributed by atoms with van der Waals surface area (Å²) in [5.74, 6) is -0.102. The lowest BCUT2D eigenvalue weighted by molar-refractivity contribution is -0.126. The van der Waals surface area contributed by atoms with Crippen LogP contribution in [0.15, 0.2) is 36.4 Å². The molecule has 2 aromatic rings. The summed E-state index contributed by atoms with van der Waals surface area (Å²) >= 11 is 5.79. The molecule has 2 aliphatic rings. The number of hydrogen-bond donors (Lipinski definition) is 1. The SMILES string of the molecule is O=C(NCc1ccc2c(c1)OCO2)[C@@H]1CC(=O)N(c2ccc(F)c(Cl)c2)C1. The second-order valence-corrected chi connectivity index (χ2v) is 6.82. The first kappa shape index (κ1) is 17.6. The number of carbonyl (C=O) groups is 2. The number of rotatable bonds is 4. The summed E-state index contributed by atoms with van der Waals surface area (Å²) < 4.78 is 23.9. The third-order valence-electron chi connectivity index (χ3n) is 4.61. The Hall–Kier alpha value is -2.80. The summed E-state index contributed by atoms with van der Waals surface area (Å²) in [5.41, 5.74) is 1.36. The van der Waals surface area contributed by atoms with E-state index in [1.807, 2.05) is 12.1 Å². The van der Waals surface area contributed by atoms with Crippen LogP contribution in [-0.2, 0) is 16.1 Å². The number of fused-ring (bicyclic) bond motifs is 1. The number of nitrogens with one attached hydrogen (secondary N) is 1. The Labute approximate surface area is 159 Å². The maximum atomic E-state index is 13.3. The van der Waals surface area contributed by atoms with Crippen LogP contribution in [0.2, 0.25) is 5.02 Å². The first-order chi connectivity index (χ1) is 13.0. The quantitative estimate of drug-likeness (QED) is 0.871. The van der Waals surface area contributed by atoms with Gasteiger partial charge in [-0.15, -0.1) is 0 Å². The number of nitrogens with zero attached hydrogens (tertiary/aromatic N) is 1. The highest BCUT2D eigenvalue weighted by molar-refractivity contribution is 6.31. The largest absolute Gasteiger partial charge is 0.454 e. The summed E-state index contributed by atoms with van der Waals surface area (Å²) in [6, 6.07) is 9.53. The van der Waals surface area contributed by atoms with Crippen LogP contribution in [0, 0.1) is 11.7 Å². The highest BCUT2D eigenvalue weighted by Gasteiger charge is 2.35. The summed E-state index contributed by atoms with van der Waals surface area (Å²) in [4.78, 5) is 26.2. The summed E-state index contributed by atoms with van der Waals surface area (Å²) in [6.45, 7) is 0.745. The fourth-order valence-electron chi connectivity index (χ4n) is 3.17. The lowest BCUT2D eigenvalue weighted by Crippen LogP contribution is -2.32. The second kappa shape index (κ2) is 7.08. The Morgan fingerprint density at radius 1 is 1.22 bits per heavy atom. The molecule has 0 saturated carbocycles. The van der Waals surface area contributed by atoms with Crippen molar-refractivity contribution in [3.63, 3.8) is 0 Å². The van der Waals surface area contributed by atoms with Crippen LogP contribution in [0.25, 0.3) is 0 Å². The lowest BCUT2D eigenvalue weighted by atomic mass is 10.1. The zero-order valence-corrected chi connectivity index (χ0v) is 15.0. The van der Waals surface area contributed by atoms with Crippen LogP contribution < -0.4 is 19.7 Å². The zero-order chi connectivity index (χ0) is 19.0. The second-order valence-electron chi connectivity index (χ2n) is 6.41. The van der Waals surface area contributed by atoms with Gasteiger partial charge in [-0.25, -0.2) is 4.39 Å². The van der Waals surface area contributed by atoms with Crippen LogP contribution in [0.3, 0.4) is 0 Å². The molecule has 1 saturated heterocycles. The molecule has 8 heteroatoms. The number of carbonyl (C=O) groups excluding carboxylic acids is 2. The van der Waals surface area contributed by atoms with Crippen molar-refractivity contribution in [2.45, 2.75) is 13.0 Å². The van der Waals surface area contributed by atoms with Gasteiger partial charge in [0, 0.05) is 25.2 Å². The van der Waals surface area contributed by atoms with Gasteiger partial charge in [0.15, 0.2) is 11.5 Å². The van der Waals surface area contributed by atoms with Crippen molar-refractivity contribution in [2.24, 2.45) is 5.92 Å². The number of halogens is 2. The van der Waals surface area contributed by atoms with Crippen LogP contribution in [-0.4, -0.2) is 25.2 Å². The highest BCUT2D eigenvalue weighted by atomic mass is 35.5. The fourth-order valence-corrected chi connectivity index (χ4v) is 3.34. The van der Waals surface area contributed by atoms with E-state index < -0.39 is 11.7 Å². The monoisotopic (exact) mass is 390 g/mol. The molecule has 0 radical (unpaired) electrons. The fraction of sp³-hybridized carbons (Fsp3) is 0.263. The minimum atomic E-state index is -0.551. The first-order valence-electron chi connectivity index (χ1n) is 8.43. The number of ether oxygens (including phenoxy) is 2. The standard InChI is InChI=1S/C19H16ClFN2O4/c20-14-7-13(2-3-15(14)21)23-9-12(6-18(23)24)19(25)22-8-11-1-4-16-17(5-11)27-10-26-16/h1-5,7,12H,6,8-10H2,(H,22,25)/t12-/m1/s1. The maximum Gasteiger partial charge on any atom is 0.231 e. The lowest BCUT2D eigenvalue weighted by Gasteiger charge is -2.17. The van der Waals surface area contributed by atoms with Crippen LogP contribution in [0.5, 0.6) is 11.5 Å². The third kappa shape index (κ3) is 3.55. The third-order valence-corrected chi connectivity index (χ3v) is 4.90. The molecule has 1 fully saturated rings. The molecule has 0 aliphatic carbocycles. The van der Waals surface area contributed by atoms with E-state index >= 15 is 0 Å². The Balaban J connectivity index is 1.38. The van der Waals surface area contributed by atoms with Crippen molar-refractivity contribution < 1.29 is 23.5 Å². The Morgan fingerprint density at radius 3 is 2.85 bits per heavy atom. The van der Waals surface area contributed by atoms with Gasteiger partial charge in [0.05, 0.1) is 10.9 Å². The van der Waals surface area contributed by atoms with Crippen molar-refractivity contribution in [2.75, 3.05) is 18.2 Å². The molecular weight excluding hydrogens is 375 g/mol. The van der Waals surface area contributed by atoms with E-state index in [9.17, 15) is 14.0 Å². The molecule has 27 heavy (non-hydrogen) atoms. The summed E-state index contributed by atoms with van der Waals surface area (Å²) in [7, 11) is 0. The molecule has 1 atom stereocenters. The van der Waals surface area contributed by atoms with Crippen molar-refractivity contribution in [1.29, 1.82) is 0 Å². The average molecular weight is 391 g/mol. The van der Waals surface area contributed by atoms with Gasteiger partial charge in [0.25, 0.3) is 0 Å². The van der Waals surface area contributed by atoms with E-state index in [0.29, 0.717) is 23.7 Å². The number of amides is 2. The number of hydrogen-bond acceptors (Lipinski definition) is 4. The van der Waals surface area contributed by atoms with Gasteiger partial charge < -0.3 is 19.7 Å². The van der Waals surface area contributed by atoms with E-state index in [-0.39, 0.29) is 36.6 Å². The van der Waals surface area contributed by atoms with Crippen LogP contribution >= 0.6 is 11.6 Å². The number of anilines is 1. The molecule has 2 aromatic carbocycles. The van der Waals surface area contributed by atoms with Gasteiger partial charge in [0.2, 0.25) is 18.6 Å². The minimum Gasteiger partial charge on any atom is -0.454 e. The van der Waals surface area contributed by atoms with Gasteiger partial charge in [-0.05, 0) is 35.9 Å². The number of benzene rings is 2. The minimum absolute atomic E-state index is 0.0593. The van der Waals surface area contributed by atoms with E-state index in [2.05, 4.69) is 5.32 Å². The molecule has 2 aliphatic heterocycles. The van der Waals surface area contributed by atoms with Crippen molar-refractivity contribution in [1.82, 2.24) is 5.32 Å². The van der Waals surface area contributed by atoms with Gasteiger partial charge in [0.1, 0.15) is 5.82 Å². The topological polar surface area (TPSA) is 67.9 Å². The average Bonchev–Trinajstić information content (AvgIpc) is 3.28. The van der Waals surface area contributed by atoms with Crippen molar-refractivity contribution in [3.8, 4) is 11.5 Å². The molecule has 2 heterocycles. The van der Waals surface area contributed by atoms with E-state index in [0.717, 1.165) is 5.56 Å². The Bertz CT molecular complexity index is 921. The molecule has 4 rings (SSSR count). The van der Waals surface area contributed by atoms with Crippen LogP contribution in [0.1, 0.15) is 12.0 Å². The molecule has 2 amide bonds. The normalized spacial score (nSPS) is 18.1. The predicted octanol–water partition coefficient (Wildman–Crippen LogP) is 2.88. The van der Waals surface area contributed by atoms with Gasteiger partial charge in [-0.3, -0.25) is 9.59 Å². The van der Waals surface area contributed by atoms with Crippen molar-refractivity contribution >= 4 is 29.1 Å². The molecule has 6 nitrogen and oxygen atoms in total. The summed E-state index contributed by atoms with van der Waals surface area (Å²) in [6.07, 6.45) is 0.0992.